The van der Waals surface area contributed by atoms with Gasteiger partial charge in [-0.05, 0) is 56.4 Å². The third-order valence-corrected chi connectivity index (χ3v) is 5.14. The van der Waals surface area contributed by atoms with E-state index in [1.807, 2.05) is 25.1 Å². The van der Waals surface area contributed by atoms with E-state index in [0.29, 0.717) is 38.8 Å². The number of hydrogen-bond donors (Lipinski definition) is 2. The van der Waals surface area contributed by atoms with Gasteiger partial charge in [0, 0.05) is 37.2 Å². The summed E-state index contributed by atoms with van der Waals surface area (Å²) in [7, 11) is 0. The highest BCUT2D eigenvalue weighted by Gasteiger charge is 2.15. The predicted octanol–water partition coefficient (Wildman–Crippen LogP) is 4.43. The van der Waals surface area contributed by atoms with Gasteiger partial charge in [0.1, 0.15) is 0 Å². The number of benzene rings is 1. The van der Waals surface area contributed by atoms with Crippen LogP contribution in [0.25, 0.3) is 0 Å². The Morgan fingerprint density at radius 1 is 1.07 bits per heavy atom. The fraction of sp³-hybridized carbons (Fsp3) is 0.609. The fourth-order valence-corrected chi connectivity index (χ4v) is 3.38. The summed E-state index contributed by atoms with van der Waals surface area (Å²) in [6.45, 7) is 5.16. The largest absolute Gasteiger partial charge is 0.326 e. The summed E-state index contributed by atoms with van der Waals surface area (Å²) in [5.74, 6) is 0.0645. The number of hydroxylamine groups is 2. The number of nitrogens with one attached hydrogen (secondary N) is 2. The van der Waals surface area contributed by atoms with Crippen molar-refractivity contribution < 1.29 is 19.2 Å². The molecule has 1 aromatic carbocycles. The molecule has 1 aliphatic rings. The van der Waals surface area contributed by atoms with Crippen LogP contribution in [-0.4, -0.2) is 35.9 Å². The van der Waals surface area contributed by atoms with Crippen molar-refractivity contribution in [2.24, 2.45) is 0 Å². The van der Waals surface area contributed by atoms with Crippen molar-refractivity contribution in [1.82, 2.24) is 5.06 Å². The second-order valence-corrected chi connectivity index (χ2v) is 7.66. The fourth-order valence-electron chi connectivity index (χ4n) is 3.38. The van der Waals surface area contributed by atoms with Gasteiger partial charge in [0.25, 0.3) is 0 Å². The molecule has 0 radical (unpaired) electrons. The molecule has 0 unspecified atom stereocenters. The third kappa shape index (κ3) is 8.14. The summed E-state index contributed by atoms with van der Waals surface area (Å²) in [5.41, 5.74) is 2.65. The molecular weight excluding hydrogens is 382 g/mol. The molecular formula is C23H35N3O4. The molecule has 0 bridgehead atoms. The highest BCUT2D eigenvalue weighted by atomic mass is 16.7. The van der Waals surface area contributed by atoms with Crippen molar-refractivity contribution >= 4 is 29.1 Å². The van der Waals surface area contributed by atoms with Gasteiger partial charge in [0.2, 0.25) is 17.7 Å². The Bertz CT molecular complexity index is 720. The zero-order valence-electron chi connectivity index (χ0n) is 18.3. The van der Waals surface area contributed by atoms with E-state index in [9.17, 15) is 14.4 Å². The minimum absolute atomic E-state index is 0.00708. The number of aryl methyl sites for hydroxylation is 1. The van der Waals surface area contributed by atoms with Crippen LogP contribution < -0.4 is 10.6 Å². The molecule has 7 nitrogen and oxygen atoms in total. The summed E-state index contributed by atoms with van der Waals surface area (Å²) < 4.78 is 0. The van der Waals surface area contributed by atoms with E-state index in [-0.39, 0.29) is 17.7 Å². The number of fused-ring (bicyclic) bond motifs is 1. The number of anilines is 2. The van der Waals surface area contributed by atoms with Crippen LogP contribution in [-0.2, 0) is 25.6 Å². The molecule has 166 valence electrons. The maximum Gasteiger partial charge on any atom is 0.246 e. The molecule has 7 heteroatoms. The Labute approximate surface area is 179 Å². The molecule has 1 aliphatic heterocycles. The molecule has 3 amide bonds. The first-order chi connectivity index (χ1) is 14.5. The van der Waals surface area contributed by atoms with Gasteiger partial charge in [-0.15, -0.1) is 0 Å². The summed E-state index contributed by atoms with van der Waals surface area (Å²) in [4.78, 5) is 41.2. The molecule has 0 aromatic heterocycles. The number of amides is 3. The van der Waals surface area contributed by atoms with Crippen molar-refractivity contribution in [3.63, 3.8) is 0 Å². The van der Waals surface area contributed by atoms with E-state index in [2.05, 4.69) is 17.6 Å². The number of carbonyl (C=O) groups excluding carboxylic acids is 3. The van der Waals surface area contributed by atoms with Crippen LogP contribution in [0.1, 0.15) is 77.2 Å². The van der Waals surface area contributed by atoms with Crippen molar-refractivity contribution in [2.75, 3.05) is 23.8 Å². The zero-order valence-corrected chi connectivity index (χ0v) is 18.3. The topological polar surface area (TPSA) is 87.7 Å². The van der Waals surface area contributed by atoms with Gasteiger partial charge in [-0.2, -0.15) is 0 Å². The van der Waals surface area contributed by atoms with Crippen LogP contribution in [0.15, 0.2) is 18.2 Å². The lowest BCUT2D eigenvalue weighted by molar-refractivity contribution is -0.185. The van der Waals surface area contributed by atoms with Gasteiger partial charge < -0.3 is 10.6 Å². The number of unbranched alkanes of at least 4 members (excludes halogenated alkanes) is 4. The standard InChI is InChI=1S/C23H35N3O4/c1-3-5-16-30-26(4-2)23(29)11-9-7-6-8-10-21(27)24-19-13-14-20-18(17-19)12-15-22(28)25-20/h13-14,17H,3-12,15-16H2,1-2H3,(H,24,27)(H,25,28). The van der Waals surface area contributed by atoms with Gasteiger partial charge in [-0.3, -0.25) is 19.2 Å². The Balaban J connectivity index is 1.59. The van der Waals surface area contributed by atoms with Crippen molar-refractivity contribution in [2.45, 2.75) is 78.1 Å². The van der Waals surface area contributed by atoms with E-state index in [1.165, 1.54) is 5.06 Å². The first-order valence-electron chi connectivity index (χ1n) is 11.2. The lowest BCUT2D eigenvalue weighted by Crippen LogP contribution is -2.31. The van der Waals surface area contributed by atoms with Crippen LogP contribution >= 0.6 is 0 Å². The van der Waals surface area contributed by atoms with E-state index in [4.69, 9.17) is 4.84 Å². The third-order valence-electron chi connectivity index (χ3n) is 5.14. The van der Waals surface area contributed by atoms with Crippen molar-refractivity contribution in [3.05, 3.63) is 23.8 Å². The lowest BCUT2D eigenvalue weighted by Gasteiger charge is -2.20. The molecule has 2 N–H and O–H groups in total. The molecule has 0 spiro atoms. The number of rotatable bonds is 13. The molecule has 1 aromatic rings. The minimum atomic E-state index is -0.00708. The van der Waals surface area contributed by atoms with Crippen LogP contribution in [0.2, 0.25) is 0 Å². The molecule has 2 rings (SSSR count). The van der Waals surface area contributed by atoms with Gasteiger partial charge in [-0.1, -0.05) is 26.2 Å². The van der Waals surface area contributed by atoms with E-state index >= 15 is 0 Å². The van der Waals surface area contributed by atoms with Gasteiger partial charge in [0.05, 0.1) is 6.61 Å². The van der Waals surface area contributed by atoms with Gasteiger partial charge in [-0.25, -0.2) is 5.06 Å². The van der Waals surface area contributed by atoms with Gasteiger partial charge in [0.15, 0.2) is 0 Å². The quantitative estimate of drug-likeness (QED) is 0.367. The van der Waals surface area contributed by atoms with Crippen molar-refractivity contribution in [3.8, 4) is 0 Å². The lowest BCUT2D eigenvalue weighted by atomic mass is 10.0. The Kier molecular flexibility index (Phi) is 10.3. The molecule has 0 atom stereocenters. The number of nitrogens with zero attached hydrogens (tertiary/aromatic N) is 1. The second-order valence-electron chi connectivity index (χ2n) is 7.66. The van der Waals surface area contributed by atoms with Crippen molar-refractivity contribution in [1.29, 1.82) is 0 Å². The first kappa shape index (κ1) is 23.9. The Hall–Kier alpha value is -2.41. The molecule has 0 fully saturated rings. The normalized spacial score (nSPS) is 12.8. The average molecular weight is 418 g/mol. The van der Waals surface area contributed by atoms with Crippen LogP contribution in [0.4, 0.5) is 11.4 Å². The number of carbonyl (C=O) groups is 3. The molecule has 0 saturated heterocycles. The van der Waals surface area contributed by atoms with E-state index in [1.54, 1.807) is 0 Å². The summed E-state index contributed by atoms with van der Waals surface area (Å²) in [5, 5.41) is 7.23. The van der Waals surface area contributed by atoms with Crippen LogP contribution in [0.5, 0.6) is 0 Å². The van der Waals surface area contributed by atoms with Gasteiger partial charge >= 0.3 is 0 Å². The van der Waals surface area contributed by atoms with Crippen LogP contribution in [0, 0.1) is 0 Å². The SMILES string of the molecule is CCCCON(CC)C(=O)CCCCCCC(=O)Nc1ccc2c(c1)CCC(=O)N2. The monoisotopic (exact) mass is 417 g/mol. The minimum Gasteiger partial charge on any atom is -0.326 e. The summed E-state index contributed by atoms with van der Waals surface area (Å²) in [6, 6.07) is 5.58. The highest BCUT2D eigenvalue weighted by Crippen LogP contribution is 2.25. The predicted molar refractivity (Wildman–Crippen MR) is 118 cm³/mol. The number of hydrogen-bond acceptors (Lipinski definition) is 4. The zero-order chi connectivity index (χ0) is 21.8. The second kappa shape index (κ2) is 13.0. The summed E-state index contributed by atoms with van der Waals surface area (Å²) in [6.07, 6.45) is 7.56. The Morgan fingerprint density at radius 2 is 1.83 bits per heavy atom. The smallest absolute Gasteiger partial charge is 0.246 e. The van der Waals surface area contributed by atoms with Crippen LogP contribution in [0.3, 0.4) is 0 Å². The molecule has 1 heterocycles. The van der Waals surface area contributed by atoms with E-state index in [0.717, 1.165) is 55.5 Å². The molecule has 30 heavy (non-hydrogen) atoms. The Morgan fingerprint density at radius 3 is 2.57 bits per heavy atom. The van der Waals surface area contributed by atoms with E-state index < -0.39 is 0 Å². The highest BCUT2D eigenvalue weighted by molar-refractivity contribution is 5.95. The average Bonchev–Trinajstić information content (AvgIpc) is 2.73. The summed E-state index contributed by atoms with van der Waals surface area (Å²) >= 11 is 0. The molecule has 0 aliphatic carbocycles. The first-order valence-corrected chi connectivity index (χ1v) is 11.2. The maximum absolute atomic E-state index is 12.2. The molecule has 0 saturated carbocycles. The maximum atomic E-state index is 12.2.